The van der Waals surface area contributed by atoms with Gasteiger partial charge in [0.05, 0.1) is 5.56 Å². The smallest absolute Gasteiger partial charge is 0.144 e. The average Bonchev–Trinajstić information content (AvgIpc) is 2.53. The molecule has 106 valence electrons. The minimum absolute atomic E-state index is 0.674. The molecule has 0 amide bonds. The number of aromatic nitrogens is 1. The van der Waals surface area contributed by atoms with Gasteiger partial charge >= 0.3 is 0 Å². The molecule has 1 aliphatic carbocycles. The van der Waals surface area contributed by atoms with Gasteiger partial charge in [0.1, 0.15) is 11.9 Å². The van der Waals surface area contributed by atoms with Gasteiger partial charge < -0.3 is 5.32 Å². The van der Waals surface area contributed by atoms with E-state index in [4.69, 9.17) is 4.98 Å². The topological polar surface area (TPSA) is 48.7 Å². The second kappa shape index (κ2) is 6.49. The van der Waals surface area contributed by atoms with Crippen molar-refractivity contribution >= 4 is 17.6 Å². The third-order valence-corrected chi connectivity index (χ3v) is 5.59. The maximum Gasteiger partial charge on any atom is 0.144 e. The molecule has 1 atom stereocenters. The van der Waals surface area contributed by atoms with Crippen LogP contribution in [-0.4, -0.2) is 22.5 Å². The van der Waals surface area contributed by atoms with Crippen molar-refractivity contribution in [2.45, 2.75) is 50.2 Å². The van der Waals surface area contributed by atoms with Crippen molar-refractivity contribution in [2.24, 2.45) is 0 Å². The first-order valence-corrected chi connectivity index (χ1v) is 8.70. The first-order valence-electron chi connectivity index (χ1n) is 7.65. The Bertz CT molecular complexity index is 515. The van der Waals surface area contributed by atoms with Crippen LogP contribution in [0, 0.1) is 11.3 Å². The number of aryl methyl sites for hydroxylation is 2. The molecule has 2 heterocycles. The number of nitrogens with zero attached hydrogens (tertiary/aromatic N) is 2. The molecule has 1 N–H and O–H groups in total. The number of hydrogen-bond acceptors (Lipinski definition) is 4. The molecule has 3 nitrogen and oxygen atoms in total. The van der Waals surface area contributed by atoms with Crippen LogP contribution in [0.3, 0.4) is 0 Å². The van der Waals surface area contributed by atoms with Gasteiger partial charge in [-0.25, -0.2) is 4.98 Å². The Hall–Kier alpha value is -1.21. The highest BCUT2D eigenvalue weighted by molar-refractivity contribution is 7.99. The first kappa shape index (κ1) is 13.8. The molecule has 0 aromatic carbocycles. The van der Waals surface area contributed by atoms with Crippen molar-refractivity contribution in [3.05, 3.63) is 22.9 Å². The summed E-state index contributed by atoms with van der Waals surface area (Å²) in [7, 11) is 0. The Morgan fingerprint density at radius 1 is 1.30 bits per heavy atom. The Morgan fingerprint density at radius 3 is 3.00 bits per heavy atom. The molecule has 1 aromatic rings. The van der Waals surface area contributed by atoms with Crippen LogP contribution < -0.4 is 5.32 Å². The molecule has 20 heavy (non-hydrogen) atoms. The second-order valence-electron chi connectivity index (χ2n) is 5.68. The van der Waals surface area contributed by atoms with E-state index in [0.717, 1.165) is 25.2 Å². The summed E-state index contributed by atoms with van der Waals surface area (Å²) in [6.07, 6.45) is 8.56. The molecule has 0 saturated carbocycles. The maximum absolute atomic E-state index is 9.32. The lowest BCUT2D eigenvalue weighted by molar-refractivity contribution is 0.664. The Kier molecular flexibility index (Phi) is 4.47. The molecule has 1 aliphatic heterocycles. The molecule has 1 unspecified atom stereocenters. The zero-order valence-corrected chi connectivity index (χ0v) is 12.6. The molecule has 1 fully saturated rings. The van der Waals surface area contributed by atoms with E-state index in [2.05, 4.69) is 29.2 Å². The average molecular weight is 287 g/mol. The molecular formula is C16H21N3S. The summed E-state index contributed by atoms with van der Waals surface area (Å²) in [4.78, 5) is 4.73. The van der Waals surface area contributed by atoms with Gasteiger partial charge in [-0.3, -0.25) is 0 Å². The summed E-state index contributed by atoms with van der Waals surface area (Å²) in [5.41, 5.74) is 3.20. The van der Waals surface area contributed by atoms with Crippen LogP contribution in [0.5, 0.6) is 0 Å². The molecule has 0 spiro atoms. The van der Waals surface area contributed by atoms with Gasteiger partial charge in [-0.15, -0.1) is 0 Å². The Balaban J connectivity index is 1.72. The van der Waals surface area contributed by atoms with E-state index >= 15 is 0 Å². The molecule has 1 aromatic heterocycles. The van der Waals surface area contributed by atoms with Gasteiger partial charge in [0, 0.05) is 17.5 Å². The van der Waals surface area contributed by atoms with Crippen LogP contribution in [0.2, 0.25) is 0 Å². The minimum Gasteiger partial charge on any atom is -0.368 e. The number of nitriles is 1. The van der Waals surface area contributed by atoms with Crippen LogP contribution in [0.25, 0.3) is 0 Å². The van der Waals surface area contributed by atoms with E-state index in [1.54, 1.807) is 0 Å². The fraction of sp³-hybridized carbons (Fsp3) is 0.625. The van der Waals surface area contributed by atoms with E-state index < -0.39 is 0 Å². The summed E-state index contributed by atoms with van der Waals surface area (Å²) in [5, 5.41) is 13.4. The van der Waals surface area contributed by atoms with E-state index in [-0.39, 0.29) is 0 Å². The minimum atomic E-state index is 0.674. The number of nitrogens with one attached hydrogen (secondary N) is 1. The van der Waals surface area contributed by atoms with Gasteiger partial charge in [-0.1, -0.05) is 6.42 Å². The van der Waals surface area contributed by atoms with Gasteiger partial charge in [0.25, 0.3) is 0 Å². The van der Waals surface area contributed by atoms with E-state index in [1.807, 2.05) is 0 Å². The Morgan fingerprint density at radius 2 is 2.20 bits per heavy atom. The molecular weight excluding hydrogens is 266 g/mol. The highest BCUT2D eigenvalue weighted by Gasteiger charge is 2.17. The monoisotopic (exact) mass is 287 g/mol. The SMILES string of the molecule is N#Cc1cc2c(nc1NCC1CCCCS1)CCCC2. The fourth-order valence-electron chi connectivity index (χ4n) is 3.03. The summed E-state index contributed by atoms with van der Waals surface area (Å²) in [6, 6.07) is 4.36. The van der Waals surface area contributed by atoms with Gasteiger partial charge in [0.15, 0.2) is 0 Å². The van der Waals surface area contributed by atoms with Crippen molar-refractivity contribution in [1.82, 2.24) is 4.98 Å². The maximum atomic E-state index is 9.32. The van der Waals surface area contributed by atoms with Crippen molar-refractivity contribution in [2.75, 3.05) is 17.6 Å². The van der Waals surface area contributed by atoms with Gasteiger partial charge in [0.2, 0.25) is 0 Å². The van der Waals surface area contributed by atoms with Gasteiger partial charge in [-0.2, -0.15) is 17.0 Å². The predicted octanol–water partition coefficient (Wildman–Crippen LogP) is 3.53. The molecule has 4 heteroatoms. The van der Waals surface area contributed by atoms with Crippen molar-refractivity contribution < 1.29 is 0 Å². The highest BCUT2D eigenvalue weighted by atomic mass is 32.2. The predicted molar refractivity (Wildman–Crippen MR) is 84.2 cm³/mol. The summed E-state index contributed by atoms with van der Waals surface area (Å²) < 4.78 is 0. The largest absolute Gasteiger partial charge is 0.368 e. The lowest BCUT2D eigenvalue weighted by Gasteiger charge is -2.23. The summed E-state index contributed by atoms with van der Waals surface area (Å²) in [5.74, 6) is 2.08. The summed E-state index contributed by atoms with van der Waals surface area (Å²) >= 11 is 2.05. The number of pyridine rings is 1. The van der Waals surface area contributed by atoms with Crippen LogP contribution in [0.1, 0.15) is 48.9 Å². The lowest BCUT2D eigenvalue weighted by atomic mass is 9.95. The van der Waals surface area contributed by atoms with Crippen molar-refractivity contribution in [3.63, 3.8) is 0 Å². The first-order chi connectivity index (χ1) is 9.86. The van der Waals surface area contributed by atoms with Crippen LogP contribution in [0.15, 0.2) is 6.07 Å². The Labute approximate surface area is 125 Å². The summed E-state index contributed by atoms with van der Waals surface area (Å²) in [6.45, 7) is 0.936. The third kappa shape index (κ3) is 3.09. The van der Waals surface area contributed by atoms with E-state index in [1.165, 1.54) is 49.1 Å². The normalized spacial score (nSPS) is 21.9. The van der Waals surface area contributed by atoms with Crippen LogP contribution in [-0.2, 0) is 12.8 Å². The zero-order valence-electron chi connectivity index (χ0n) is 11.8. The van der Waals surface area contributed by atoms with E-state index in [9.17, 15) is 5.26 Å². The van der Waals surface area contributed by atoms with Crippen molar-refractivity contribution in [3.8, 4) is 6.07 Å². The van der Waals surface area contributed by atoms with Crippen LogP contribution in [0.4, 0.5) is 5.82 Å². The number of fused-ring (bicyclic) bond motifs is 1. The number of anilines is 1. The molecule has 2 aliphatic rings. The second-order valence-corrected chi connectivity index (χ2v) is 7.09. The number of hydrogen-bond donors (Lipinski definition) is 1. The highest BCUT2D eigenvalue weighted by Crippen LogP contribution is 2.27. The van der Waals surface area contributed by atoms with Gasteiger partial charge in [-0.05, 0) is 55.9 Å². The molecule has 3 rings (SSSR count). The molecule has 0 radical (unpaired) electrons. The lowest BCUT2D eigenvalue weighted by Crippen LogP contribution is -2.21. The fourth-order valence-corrected chi connectivity index (χ4v) is 4.27. The number of rotatable bonds is 3. The van der Waals surface area contributed by atoms with E-state index in [0.29, 0.717) is 10.8 Å². The van der Waals surface area contributed by atoms with Crippen molar-refractivity contribution in [1.29, 1.82) is 5.26 Å². The quantitative estimate of drug-likeness (QED) is 0.924. The van der Waals surface area contributed by atoms with Crippen LogP contribution >= 0.6 is 11.8 Å². The molecule has 0 bridgehead atoms. The zero-order chi connectivity index (χ0) is 13.8. The number of thioether (sulfide) groups is 1. The third-order valence-electron chi connectivity index (χ3n) is 4.19. The molecule has 1 saturated heterocycles. The standard InChI is InChI=1S/C16H21N3S/c17-10-13-9-12-5-1-2-7-15(12)19-16(13)18-11-14-6-3-4-8-20-14/h9,14H,1-8,11H2,(H,18,19).